The highest BCUT2D eigenvalue weighted by Crippen LogP contribution is 2.45. The zero-order valence-corrected chi connectivity index (χ0v) is 20.2. The minimum atomic E-state index is -0.355. The van der Waals surface area contributed by atoms with Gasteiger partial charge in [-0.25, -0.2) is 9.37 Å². The van der Waals surface area contributed by atoms with Gasteiger partial charge in [-0.15, -0.1) is 11.3 Å². The third-order valence-electron chi connectivity index (χ3n) is 6.36. The molecule has 0 bridgehead atoms. The number of carbonyl (C=O) groups excluding carboxylic acids is 2. The van der Waals surface area contributed by atoms with E-state index in [2.05, 4.69) is 5.32 Å². The average molecular weight is 498 g/mol. The quantitative estimate of drug-likeness (QED) is 0.461. The Kier molecular flexibility index (Phi) is 6.66. The minimum Gasteiger partial charge on any atom is -0.350 e. The summed E-state index contributed by atoms with van der Waals surface area (Å²) >= 11 is 7.44. The van der Waals surface area contributed by atoms with Crippen LogP contribution in [0, 0.1) is 5.82 Å². The number of amides is 2. The number of likely N-dealkylation sites (tertiary alicyclic amines) is 1. The van der Waals surface area contributed by atoms with Crippen LogP contribution in [-0.2, 0) is 0 Å². The van der Waals surface area contributed by atoms with Crippen LogP contribution in [-0.4, -0.2) is 40.8 Å². The molecule has 8 heteroatoms. The summed E-state index contributed by atoms with van der Waals surface area (Å²) in [6, 6.07) is 13.2. The first-order chi connectivity index (χ1) is 16.5. The molecule has 2 heterocycles. The molecule has 1 atom stereocenters. The van der Waals surface area contributed by atoms with E-state index < -0.39 is 0 Å². The summed E-state index contributed by atoms with van der Waals surface area (Å²) in [5, 5.41) is 4.36. The van der Waals surface area contributed by atoms with Crippen molar-refractivity contribution in [1.82, 2.24) is 15.2 Å². The van der Waals surface area contributed by atoms with E-state index in [1.807, 2.05) is 0 Å². The van der Waals surface area contributed by atoms with Gasteiger partial charge >= 0.3 is 0 Å². The fourth-order valence-electron chi connectivity index (χ4n) is 4.37. The molecule has 2 aliphatic rings. The fraction of sp³-hybridized carbons (Fsp3) is 0.346. The molecule has 5 nitrogen and oxygen atoms in total. The van der Waals surface area contributed by atoms with E-state index in [-0.39, 0.29) is 23.7 Å². The van der Waals surface area contributed by atoms with Crippen LogP contribution in [0.1, 0.15) is 63.9 Å². The molecule has 1 aliphatic carbocycles. The number of halogens is 2. The van der Waals surface area contributed by atoms with Crippen molar-refractivity contribution >= 4 is 34.8 Å². The monoisotopic (exact) mass is 497 g/mol. The maximum Gasteiger partial charge on any atom is 0.274 e. The normalized spacial score (nSPS) is 18.1. The lowest BCUT2D eigenvalue weighted by Gasteiger charge is -2.35. The number of nitrogens with zero attached hydrogens (tertiary/aromatic N) is 2. The Balaban J connectivity index is 1.38. The van der Waals surface area contributed by atoms with Crippen LogP contribution in [0.25, 0.3) is 10.4 Å². The van der Waals surface area contributed by atoms with Gasteiger partial charge < -0.3 is 10.2 Å². The molecule has 1 aliphatic heterocycles. The molecule has 1 saturated heterocycles. The van der Waals surface area contributed by atoms with Crippen molar-refractivity contribution in [3.05, 3.63) is 75.6 Å². The van der Waals surface area contributed by atoms with Gasteiger partial charge in [0.25, 0.3) is 11.8 Å². The summed E-state index contributed by atoms with van der Waals surface area (Å²) in [6.45, 7) is 0.926. The minimum absolute atomic E-state index is 0.149. The van der Waals surface area contributed by atoms with Crippen LogP contribution < -0.4 is 5.32 Å². The van der Waals surface area contributed by atoms with E-state index >= 15 is 0 Å². The van der Waals surface area contributed by atoms with Crippen LogP contribution in [0.3, 0.4) is 0 Å². The molecule has 3 aromatic rings. The summed E-state index contributed by atoms with van der Waals surface area (Å²) in [6.07, 6.45) is 4.76. The summed E-state index contributed by atoms with van der Waals surface area (Å²) in [5.41, 5.74) is 1.22. The fourth-order valence-corrected chi connectivity index (χ4v) is 5.82. The molecule has 0 spiro atoms. The van der Waals surface area contributed by atoms with Crippen molar-refractivity contribution in [2.75, 3.05) is 13.1 Å². The maximum atomic E-state index is 14.7. The van der Waals surface area contributed by atoms with E-state index in [9.17, 15) is 14.0 Å². The van der Waals surface area contributed by atoms with E-state index in [4.69, 9.17) is 16.6 Å². The Labute approximate surface area is 207 Å². The zero-order valence-electron chi connectivity index (χ0n) is 18.6. The molecule has 176 valence electrons. The molecule has 2 fully saturated rings. The molecule has 1 saturated carbocycles. The summed E-state index contributed by atoms with van der Waals surface area (Å²) in [4.78, 5) is 33.5. The van der Waals surface area contributed by atoms with E-state index in [1.54, 1.807) is 47.4 Å². The number of rotatable bonds is 6. The first kappa shape index (κ1) is 23.0. The van der Waals surface area contributed by atoms with Crippen molar-refractivity contribution in [3.8, 4) is 10.4 Å². The van der Waals surface area contributed by atoms with E-state index in [0.29, 0.717) is 45.7 Å². The van der Waals surface area contributed by atoms with Crippen molar-refractivity contribution in [1.29, 1.82) is 0 Å². The number of piperidine rings is 1. The van der Waals surface area contributed by atoms with E-state index in [1.165, 1.54) is 17.4 Å². The molecular formula is C26H25ClFN3O2S. The van der Waals surface area contributed by atoms with E-state index in [0.717, 1.165) is 37.1 Å². The van der Waals surface area contributed by atoms with Gasteiger partial charge in [0.1, 0.15) is 11.5 Å². The molecule has 34 heavy (non-hydrogen) atoms. The second-order valence-electron chi connectivity index (χ2n) is 8.85. The van der Waals surface area contributed by atoms with Gasteiger partial charge in [-0.3, -0.25) is 9.59 Å². The average Bonchev–Trinajstić information content (AvgIpc) is 3.61. The van der Waals surface area contributed by atoms with Crippen LogP contribution >= 0.6 is 22.9 Å². The van der Waals surface area contributed by atoms with Gasteiger partial charge in [0.15, 0.2) is 0 Å². The SMILES string of the molecule is O=C(NC[C@@H]1CCCCN1C(=O)c1nc(C2CC2)sc1-c1ccccc1F)c1cccc(Cl)c1. The largest absolute Gasteiger partial charge is 0.350 e. The van der Waals surface area contributed by atoms with Gasteiger partial charge in [-0.05, 0) is 56.4 Å². The highest BCUT2D eigenvalue weighted by Gasteiger charge is 2.35. The zero-order chi connectivity index (χ0) is 23.7. The highest BCUT2D eigenvalue weighted by molar-refractivity contribution is 7.15. The lowest BCUT2D eigenvalue weighted by molar-refractivity contribution is 0.0598. The smallest absolute Gasteiger partial charge is 0.274 e. The molecule has 2 amide bonds. The van der Waals surface area contributed by atoms with Gasteiger partial charge in [0.2, 0.25) is 0 Å². The number of thiazole rings is 1. The van der Waals surface area contributed by atoms with Gasteiger partial charge in [-0.2, -0.15) is 0 Å². The molecule has 1 N–H and O–H groups in total. The molecule has 0 radical (unpaired) electrons. The summed E-state index contributed by atoms with van der Waals surface area (Å²) in [5.74, 6) is -0.405. The molecule has 5 rings (SSSR count). The van der Waals surface area contributed by atoms with Crippen LogP contribution in [0.4, 0.5) is 4.39 Å². The lowest BCUT2D eigenvalue weighted by Crippen LogP contribution is -2.49. The van der Waals surface area contributed by atoms with Crippen molar-refractivity contribution in [2.45, 2.75) is 44.1 Å². The summed E-state index contributed by atoms with van der Waals surface area (Å²) in [7, 11) is 0. The number of aromatic nitrogens is 1. The number of hydrogen-bond donors (Lipinski definition) is 1. The van der Waals surface area contributed by atoms with Gasteiger partial charge in [-0.1, -0.05) is 35.9 Å². The molecule has 0 unspecified atom stereocenters. The first-order valence-electron chi connectivity index (χ1n) is 11.6. The number of benzene rings is 2. The third-order valence-corrected chi connectivity index (χ3v) is 7.85. The van der Waals surface area contributed by atoms with Crippen molar-refractivity contribution in [2.24, 2.45) is 0 Å². The van der Waals surface area contributed by atoms with Gasteiger partial charge in [0, 0.05) is 41.2 Å². The number of carbonyl (C=O) groups is 2. The van der Waals surface area contributed by atoms with Crippen LogP contribution in [0.15, 0.2) is 48.5 Å². The molecule has 2 aromatic carbocycles. The van der Waals surface area contributed by atoms with Crippen molar-refractivity contribution < 1.29 is 14.0 Å². The standard InChI is InChI=1S/C26H25ClFN3O2S/c27-18-7-5-6-17(14-18)24(32)29-15-19-8-3-4-13-31(19)26(33)22-23(20-9-1-2-10-21(20)28)34-25(30-22)16-11-12-16/h1-2,5-7,9-10,14,16,19H,3-4,8,11-13,15H2,(H,29,32)/t19-/m0/s1. The Morgan fingerprint density at radius 1 is 1.12 bits per heavy atom. The van der Waals surface area contributed by atoms with Crippen molar-refractivity contribution in [3.63, 3.8) is 0 Å². The Bertz CT molecular complexity index is 1230. The Morgan fingerprint density at radius 2 is 1.94 bits per heavy atom. The lowest BCUT2D eigenvalue weighted by atomic mass is 10.0. The predicted octanol–water partition coefficient (Wildman–Crippen LogP) is 5.90. The van der Waals surface area contributed by atoms with Gasteiger partial charge in [0.05, 0.1) is 9.88 Å². The van der Waals surface area contributed by atoms with Crippen LogP contribution in [0.5, 0.6) is 0 Å². The Hall–Kier alpha value is -2.77. The highest BCUT2D eigenvalue weighted by atomic mass is 35.5. The summed E-state index contributed by atoms with van der Waals surface area (Å²) < 4.78 is 14.7. The third kappa shape index (κ3) is 4.86. The van der Waals surface area contributed by atoms with Crippen LogP contribution in [0.2, 0.25) is 5.02 Å². The number of hydrogen-bond acceptors (Lipinski definition) is 4. The first-order valence-corrected chi connectivity index (χ1v) is 12.8. The molecule has 1 aromatic heterocycles. The molecular weight excluding hydrogens is 473 g/mol. The second kappa shape index (κ2) is 9.84. The maximum absolute atomic E-state index is 14.7. The topological polar surface area (TPSA) is 62.3 Å². The Morgan fingerprint density at radius 3 is 2.71 bits per heavy atom. The predicted molar refractivity (Wildman–Crippen MR) is 132 cm³/mol. The number of nitrogens with one attached hydrogen (secondary N) is 1. The second-order valence-corrected chi connectivity index (χ2v) is 10.3.